The van der Waals surface area contributed by atoms with Crippen LogP contribution in [0.4, 0.5) is 0 Å². The number of ether oxygens (including phenoxy) is 1. The third kappa shape index (κ3) is 3.21. The molecule has 1 aliphatic heterocycles. The smallest absolute Gasteiger partial charge is 0.143 e. The first-order valence-corrected chi connectivity index (χ1v) is 5.91. The molecule has 98 valence electrons. The summed E-state index contributed by atoms with van der Waals surface area (Å²) in [4.78, 5) is 5.19. The summed E-state index contributed by atoms with van der Waals surface area (Å²) in [5, 5.41) is 13.1. The van der Waals surface area contributed by atoms with E-state index in [0.717, 1.165) is 5.56 Å². The van der Waals surface area contributed by atoms with Crippen LogP contribution >= 0.6 is 0 Å². The van der Waals surface area contributed by atoms with E-state index in [0.29, 0.717) is 32.1 Å². The average molecular weight is 250 g/mol. The van der Waals surface area contributed by atoms with Crippen molar-refractivity contribution in [3.05, 3.63) is 35.9 Å². The van der Waals surface area contributed by atoms with E-state index in [1.54, 1.807) is 0 Å². The topological polar surface area (TPSA) is 77.1 Å². The molecule has 0 unspecified atom stereocenters. The minimum absolute atomic E-state index is 0.0428. The quantitative estimate of drug-likeness (QED) is 0.438. The number of aliphatic hydroxyl groups excluding tert-OH is 1. The Kier molecular flexibility index (Phi) is 4.17. The normalized spacial score (nSPS) is 18.2. The van der Waals surface area contributed by atoms with Crippen LogP contribution in [0.5, 0.6) is 0 Å². The number of nitrogens with zero attached hydrogens (tertiary/aromatic N) is 1. The number of rotatable bonds is 6. The Bertz CT molecular complexity index is 396. The van der Waals surface area contributed by atoms with Gasteiger partial charge in [0.2, 0.25) is 0 Å². The molecule has 0 bridgehead atoms. The summed E-state index contributed by atoms with van der Waals surface area (Å²) in [5.41, 5.74) is 6.56. The van der Waals surface area contributed by atoms with E-state index in [1.165, 1.54) is 0 Å². The second kappa shape index (κ2) is 5.84. The fourth-order valence-corrected chi connectivity index (χ4v) is 1.70. The third-order valence-electron chi connectivity index (χ3n) is 2.93. The fraction of sp³-hybridized carbons (Fsp3) is 0.462. The molecular weight excluding hydrogens is 232 g/mol. The maximum Gasteiger partial charge on any atom is 0.143 e. The number of hydrogen-bond acceptors (Lipinski definition) is 4. The van der Waals surface area contributed by atoms with Gasteiger partial charge in [0.05, 0.1) is 25.2 Å². The minimum atomic E-state index is -0.295. The van der Waals surface area contributed by atoms with Crippen LogP contribution in [-0.4, -0.2) is 37.4 Å². The van der Waals surface area contributed by atoms with Crippen molar-refractivity contribution in [2.75, 3.05) is 26.4 Å². The number of nitrogens with two attached hydrogens (primary N) is 1. The summed E-state index contributed by atoms with van der Waals surface area (Å²) in [6.07, 6.45) is 0.559. The molecule has 3 N–H and O–H groups in total. The Hall–Kier alpha value is -1.59. The third-order valence-corrected chi connectivity index (χ3v) is 2.93. The lowest BCUT2D eigenvalue weighted by Gasteiger charge is -2.38. The van der Waals surface area contributed by atoms with Crippen molar-refractivity contribution < 1.29 is 14.7 Å². The molecule has 18 heavy (non-hydrogen) atoms. The SMILES string of the molecule is N/C(Cc1ccccc1)=N/OCC1(CO)COC1. The molecule has 0 aromatic heterocycles. The first-order chi connectivity index (χ1) is 8.74. The standard InChI is InChI=1S/C13H18N2O3/c14-12(6-11-4-2-1-3-5-11)15-18-10-13(7-16)8-17-9-13/h1-5,16H,6-10H2,(H2,14,15). The molecule has 5 heteroatoms. The lowest BCUT2D eigenvalue weighted by atomic mass is 9.88. The van der Waals surface area contributed by atoms with Crippen molar-refractivity contribution >= 4 is 5.84 Å². The van der Waals surface area contributed by atoms with Crippen LogP contribution in [0.1, 0.15) is 5.56 Å². The number of benzene rings is 1. The van der Waals surface area contributed by atoms with Gasteiger partial charge < -0.3 is 20.4 Å². The Balaban J connectivity index is 1.79. The summed E-state index contributed by atoms with van der Waals surface area (Å²) in [7, 11) is 0. The highest BCUT2D eigenvalue weighted by atomic mass is 16.6. The van der Waals surface area contributed by atoms with Crippen LogP contribution in [0.2, 0.25) is 0 Å². The molecule has 0 amide bonds. The zero-order valence-electron chi connectivity index (χ0n) is 10.2. The van der Waals surface area contributed by atoms with Crippen molar-refractivity contribution in [1.82, 2.24) is 0 Å². The Morgan fingerprint density at radius 2 is 2.11 bits per heavy atom. The van der Waals surface area contributed by atoms with Gasteiger partial charge in [-0.2, -0.15) is 0 Å². The van der Waals surface area contributed by atoms with Crippen molar-refractivity contribution in [2.24, 2.45) is 16.3 Å². The summed E-state index contributed by atoms with van der Waals surface area (Å²) in [5.74, 6) is 0.425. The van der Waals surface area contributed by atoms with Gasteiger partial charge in [-0.05, 0) is 5.56 Å². The molecule has 1 fully saturated rings. The highest BCUT2D eigenvalue weighted by Crippen LogP contribution is 2.26. The molecule has 5 nitrogen and oxygen atoms in total. The van der Waals surface area contributed by atoms with Crippen molar-refractivity contribution in [2.45, 2.75) is 6.42 Å². The van der Waals surface area contributed by atoms with Crippen LogP contribution < -0.4 is 5.73 Å². The number of aliphatic hydroxyl groups is 1. The van der Waals surface area contributed by atoms with E-state index >= 15 is 0 Å². The van der Waals surface area contributed by atoms with Crippen LogP contribution in [0.15, 0.2) is 35.5 Å². The van der Waals surface area contributed by atoms with Gasteiger partial charge >= 0.3 is 0 Å². The van der Waals surface area contributed by atoms with E-state index in [1.807, 2.05) is 30.3 Å². The number of oxime groups is 1. The molecular formula is C13H18N2O3. The molecule has 0 atom stereocenters. The molecule has 0 aliphatic carbocycles. The van der Waals surface area contributed by atoms with Crippen LogP contribution in [-0.2, 0) is 16.0 Å². The molecule has 0 saturated carbocycles. The van der Waals surface area contributed by atoms with E-state index in [2.05, 4.69) is 5.16 Å². The number of hydrogen-bond donors (Lipinski definition) is 2. The highest BCUT2D eigenvalue weighted by molar-refractivity contribution is 5.82. The molecule has 0 radical (unpaired) electrons. The molecule has 2 rings (SSSR count). The summed E-state index contributed by atoms with van der Waals surface area (Å²) < 4.78 is 5.06. The maximum absolute atomic E-state index is 9.20. The zero-order chi connectivity index (χ0) is 12.8. The maximum atomic E-state index is 9.20. The monoisotopic (exact) mass is 250 g/mol. The van der Waals surface area contributed by atoms with Crippen molar-refractivity contribution in [1.29, 1.82) is 0 Å². The lowest BCUT2D eigenvalue weighted by molar-refractivity contribution is -0.168. The number of amidine groups is 1. The molecule has 1 aromatic carbocycles. The average Bonchev–Trinajstić information content (AvgIpc) is 2.34. The minimum Gasteiger partial charge on any atom is -0.395 e. The van der Waals surface area contributed by atoms with Crippen LogP contribution in [0.3, 0.4) is 0 Å². The fourth-order valence-electron chi connectivity index (χ4n) is 1.70. The largest absolute Gasteiger partial charge is 0.395 e. The lowest BCUT2D eigenvalue weighted by Crippen LogP contribution is -2.48. The summed E-state index contributed by atoms with van der Waals surface area (Å²) >= 11 is 0. The van der Waals surface area contributed by atoms with E-state index < -0.39 is 0 Å². The molecule has 1 aliphatic rings. The predicted octanol–water partition coefficient (Wildman–Crippen LogP) is 0.527. The van der Waals surface area contributed by atoms with Gasteiger partial charge in [0.15, 0.2) is 0 Å². The second-order valence-corrected chi connectivity index (χ2v) is 4.67. The van der Waals surface area contributed by atoms with Crippen LogP contribution in [0, 0.1) is 5.41 Å². The van der Waals surface area contributed by atoms with E-state index in [9.17, 15) is 5.11 Å². The zero-order valence-corrected chi connectivity index (χ0v) is 10.2. The Labute approximate surface area is 106 Å². The summed E-state index contributed by atoms with van der Waals surface area (Å²) in [6, 6.07) is 9.83. The van der Waals surface area contributed by atoms with Crippen LogP contribution in [0.25, 0.3) is 0 Å². The Morgan fingerprint density at radius 1 is 1.39 bits per heavy atom. The second-order valence-electron chi connectivity index (χ2n) is 4.67. The Morgan fingerprint density at radius 3 is 2.67 bits per heavy atom. The van der Waals surface area contributed by atoms with Crippen molar-refractivity contribution in [3.8, 4) is 0 Å². The van der Waals surface area contributed by atoms with E-state index in [-0.39, 0.29) is 12.0 Å². The molecule has 1 heterocycles. The first kappa shape index (κ1) is 12.9. The van der Waals surface area contributed by atoms with Gasteiger partial charge in [-0.3, -0.25) is 0 Å². The molecule has 0 spiro atoms. The van der Waals surface area contributed by atoms with Crippen molar-refractivity contribution in [3.63, 3.8) is 0 Å². The van der Waals surface area contributed by atoms with E-state index in [4.69, 9.17) is 15.3 Å². The molecule has 1 saturated heterocycles. The molecule has 1 aromatic rings. The highest BCUT2D eigenvalue weighted by Gasteiger charge is 2.39. The van der Waals surface area contributed by atoms with Gasteiger partial charge in [-0.25, -0.2) is 0 Å². The van der Waals surface area contributed by atoms with Gasteiger partial charge in [0, 0.05) is 6.42 Å². The first-order valence-electron chi connectivity index (χ1n) is 5.91. The predicted molar refractivity (Wildman–Crippen MR) is 68.1 cm³/mol. The van der Waals surface area contributed by atoms with Gasteiger partial charge in [-0.1, -0.05) is 35.5 Å². The van der Waals surface area contributed by atoms with Gasteiger partial charge in [0.25, 0.3) is 0 Å². The van der Waals surface area contributed by atoms with Gasteiger partial charge in [-0.15, -0.1) is 0 Å². The summed E-state index contributed by atoms with van der Waals surface area (Å²) in [6.45, 7) is 1.40. The van der Waals surface area contributed by atoms with Gasteiger partial charge in [0.1, 0.15) is 12.4 Å².